The molecule has 13 heavy (non-hydrogen) atoms. The minimum atomic E-state index is -3.13. The lowest BCUT2D eigenvalue weighted by Gasteiger charge is -2.03. The van der Waals surface area contributed by atoms with E-state index in [1.807, 2.05) is 0 Å². The second kappa shape index (κ2) is 3.37. The van der Waals surface area contributed by atoms with E-state index < -0.39 is 15.1 Å². The molecule has 0 aromatic carbocycles. The molecular formula is C7H12N2O3S. The van der Waals surface area contributed by atoms with E-state index in [0.29, 0.717) is 0 Å². The Morgan fingerprint density at radius 2 is 2.23 bits per heavy atom. The van der Waals surface area contributed by atoms with Crippen LogP contribution >= 0.6 is 0 Å². The van der Waals surface area contributed by atoms with Crippen molar-refractivity contribution < 1.29 is 12.8 Å². The Hall–Kier alpha value is -1.04. The standard InChI is InChI=1S/C7H12N2O3S/c1-5(2)13(10,11)4-6-3-9-7(8)12-6/h3,5H,4H2,1-2H3,(H2,8,9). The molecule has 0 radical (unpaired) electrons. The first-order valence-electron chi connectivity index (χ1n) is 3.83. The van der Waals surface area contributed by atoms with Crippen LogP contribution in [-0.2, 0) is 15.6 Å². The summed E-state index contributed by atoms with van der Waals surface area (Å²) in [5.41, 5.74) is 5.20. The van der Waals surface area contributed by atoms with E-state index >= 15 is 0 Å². The van der Waals surface area contributed by atoms with Crippen molar-refractivity contribution in [2.45, 2.75) is 24.9 Å². The molecule has 1 heterocycles. The molecule has 0 aliphatic rings. The number of hydrogen-bond donors (Lipinski definition) is 1. The first-order valence-corrected chi connectivity index (χ1v) is 5.55. The third kappa shape index (κ3) is 2.45. The van der Waals surface area contributed by atoms with Gasteiger partial charge in [-0.1, -0.05) is 0 Å². The maximum absolute atomic E-state index is 11.4. The molecule has 0 aliphatic heterocycles. The topological polar surface area (TPSA) is 86.2 Å². The number of sulfone groups is 1. The molecule has 0 bridgehead atoms. The highest BCUT2D eigenvalue weighted by molar-refractivity contribution is 7.91. The van der Waals surface area contributed by atoms with Crippen LogP contribution in [0.3, 0.4) is 0 Å². The number of nitrogens with two attached hydrogens (primary N) is 1. The van der Waals surface area contributed by atoms with Gasteiger partial charge in [-0.15, -0.1) is 0 Å². The molecule has 1 aromatic rings. The Balaban J connectivity index is 2.81. The number of anilines is 1. The Bertz CT molecular complexity index is 380. The predicted octanol–water partition coefficient (Wildman–Crippen LogP) is 0.580. The molecule has 0 spiro atoms. The van der Waals surface area contributed by atoms with E-state index in [9.17, 15) is 8.42 Å². The molecule has 0 unspecified atom stereocenters. The average molecular weight is 204 g/mol. The Morgan fingerprint density at radius 1 is 1.62 bits per heavy atom. The molecule has 0 fully saturated rings. The van der Waals surface area contributed by atoms with E-state index in [-0.39, 0.29) is 17.5 Å². The zero-order valence-electron chi connectivity index (χ0n) is 7.52. The molecule has 0 saturated heterocycles. The second-order valence-electron chi connectivity index (χ2n) is 3.02. The fourth-order valence-electron chi connectivity index (χ4n) is 0.754. The van der Waals surface area contributed by atoms with Gasteiger partial charge < -0.3 is 10.2 Å². The zero-order valence-corrected chi connectivity index (χ0v) is 8.34. The SMILES string of the molecule is CC(C)S(=O)(=O)Cc1cnc(N)o1. The van der Waals surface area contributed by atoms with E-state index in [4.69, 9.17) is 10.2 Å². The van der Waals surface area contributed by atoms with E-state index in [0.717, 1.165) is 0 Å². The summed E-state index contributed by atoms with van der Waals surface area (Å²) in [7, 11) is -3.13. The first-order chi connectivity index (χ1) is 5.92. The normalized spacial score (nSPS) is 12.2. The molecule has 1 aromatic heterocycles. The molecule has 0 amide bonds. The van der Waals surface area contributed by atoms with Gasteiger partial charge >= 0.3 is 0 Å². The van der Waals surface area contributed by atoms with Gasteiger partial charge in [-0.3, -0.25) is 0 Å². The summed E-state index contributed by atoms with van der Waals surface area (Å²) >= 11 is 0. The zero-order chi connectivity index (χ0) is 10.1. The van der Waals surface area contributed by atoms with Crippen LogP contribution in [0.25, 0.3) is 0 Å². The van der Waals surface area contributed by atoms with Crippen LogP contribution in [0, 0.1) is 0 Å². The number of nitrogen functional groups attached to an aromatic ring is 1. The van der Waals surface area contributed by atoms with Crippen LogP contribution in [-0.4, -0.2) is 18.7 Å². The molecule has 2 N–H and O–H groups in total. The molecule has 0 aliphatic carbocycles. The van der Waals surface area contributed by atoms with Crippen LogP contribution in [0.5, 0.6) is 0 Å². The minimum Gasteiger partial charge on any atom is -0.428 e. The molecule has 74 valence electrons. The quantitative estimate of drug-likeness (QED) is 0.778. The summed E-state index contributed by atoms with van der Waals surface area (Å²) < 4.78 is 27.6. The monoisotopic (exact) mass is 204 g/mol. The molecule has 6 heteroatoms. The van der Waals surface area contributed by atoms with Gasteiger partial charge in [0.2, 0.25) is 0 Å². The lowest BCUT2D eigenvalue weighted by Crippen LogP contribution is -2.15. The molecular weight excluding hydrogens is 192 g/mol. The highest BCUT2D eigenvalue weighted by atomic mass is 32.2. The van der Waals surface area contributed by atoms with E-state index in [2.05, 4.69) is 4.98 Å². The van der Waals surface area contributed by atoms with Gasteiger partial charge in [-0.2, -0.15) is 0 Å². The van der Waals surface area contributed by atoms with Crippen LogP contribution in [0.4, 0.5) is 6.01 Å². The highest BCUT2D eigenvalue weighted by Gasteiger charge is 2.18. The Kier molecular flexibility index (Phi) is 2.60. The summed E-state index contributed by atoms with van der Waals surface area (Å²) in [6.45, 7) is 3.24. The number of nitrogens with zero attached hydrogens (tertiary/aromatic N) is 1. The van der Waals surface area contributed by atoms with Gasteiger partial charge in [0.15, 0.2) is 9.84 Å². The summed E-state index contributed by atoms with van der Waals surface area (Å²) in [4.78, 5) is 3.61. The van der Waals surface area contributed by atoms with Crippen molar-refractivity contribution in [2.75, 3.05) is 5.73 Å². The summed E-state index contributed by atoms with van der Waals surface area (Å²) in [5.74, 6) is 0.140. The van der Waals surface area contributed by atoms with Crippen molar-refractivity contribution in [3.8, 4) is 0 Å². The third-order valence-electron chi connectivity index (χ3n) is 1.63. The van der Waals surface area contributed by atoms with Gasteiger partial charge in [0.1, 0.15) is 11.5 Å². The second-order valence-corrected chi connectivity index (χ2v) is 5.58. The fourth-order valence-corrected chi connectivity index (χ4v) is 1.62. The maximum atomic E-state index is 11.4. The summed E-state index contributed by atoms with van der Waals surface area (Å²) in [5, 5.41) is -0.418. The van der Waals surface area contributed by atoms with Crippen molar-refractivity contribution >= 4 is 15.9 Å². The van der Waals surface area contributed by atoms with E-state index in [1.54, 1.807) is 13.8 Å². The smallest absolute Gasteiger partial charge is 0.292 e. The largest absolute Gasteiger partial charge is 0.428 e. The number of aromatic nitrogens is 1. The molecule has 5 nitrogen and oxygen atoms in total. The van der Waals surface area contributed by atoms with Crippen molar-refractivity contribution in [3.05, 3.63) is 12.0 Å². The van der Waals surface area contributed by atoms with Crippen LogP contribution in [0.1, 0.15) is 19.6 Å². The first kappa shape index (κ1) is 10.0. The van der Waals surface area contributed by atoms with E-state index in [1.165, 1.54) is 6.20 Å². The van der Waals surface area contributed by atoms with Crippen LogP contribution in [0.15, 0.2) is 10.6 Å². The van der Waals surface area contributed by atoms with Crippen LogP contribution in [0.2, 0.25) is 0 Å². The number of hydrogen-bond acceptors (Lipinski definition) is 5. The number of oxazole rings is 1. The Morgan fingerprint density at radius 3 is 2.62 bits per heavy atom. The van der Waals surface area contributed by atoms with Gasteiger partial charge in [0.05, 0.1) is 11.4 Å². The van der Waals surface area contributed by atoms with Crippen molar-refractivity contribution in [1.82, 2.24) is 4.98 Å². The van der Waals surface area contributed by atoms with Crippen molar-refractivity contribution in [2.24, 2.45) is 0 Å². The summed E-state index contributed by atoms with van der Waals surface area (Å²) in [6, 6.07) is -0.00560. The highest BCUT2D eigenvalue weighted by Crippen LogP contribution is 2.12. The van der Waals surface area contributed by atoms with Gasteiger partial charge in [0.25, 0.3) is 6.01 Å². The Labute approximate surface area is 76.9 Å². The van der Waals surface area contributed by atoms with Gasteiger partial charge in [0, 0.05) is 0 Å². The predicted molar refractivity (Wildman–Crippen MR) is 48.7 cm³/mol. The van der Waals surface area contributed by atoms with Crippen LogP contribution < -0.4 is 5.73 Å². The lowest BCUT2D eigenvalue weighted by molar-refractivity contribution is 0.530. The van der Waals surface area contributed by atoms with Crippen molar-refractivity contribution in [3.63, 3.8) is 0 Å². The maximum Gasteiger partial charge on any atom is 0.292 e. The van der Waals surface area contributed by atoms with Crippen molar-refractivity contribution in [1.29, 1.82) is 0 Å². The molecule has 0 atom stereocenters. The summed E-state index contributed by atoms with van der Waals surface area (Å²) in [6.07, 6.45) is 1.33. The van der Waals surface area contributed by atoms with Gasteiger partial charge in [-0.05, 0) is 13.8 Å². The van der Waals surface area contributed by atoms with Gasteiger partial charge in [-0.25, -0.2) is 13.4 Å². The average Bonchev–Trinajstić information content (AvgIpc) is 2.34. The number of rotatable bonds is 3. The lowest BCUT2D eigenvalue weighted by atomic mass is 10.6. The minimum absolute atomic E-state index is 0.00560. The molecule has 0 saturated carbocycles. The molecule has 1 rings (SSSR count). The fraction of sp³-hybridized carbons (Fsp3) is 0.571. The third-order valence-corrected chi connectivity index (χ3v) is 3.76.